The summed E-state index contributed by atoms with van der Waals surface area (Å²) >= 11 is 3.92. The topological polar surface area (TPSA) is 37.8 Å². The molecule has 2 aromatic heterocycles. The highest BCUT2D eigenvalue weighted by Crippen LogP contribution is 2.25. The summed E-state index contributed by atoms with van der Waals surface area (Å²) in [4.78, 5) is 2.50. The molecule has 1 fully saturated rings. The number of thioether (sulfide) groups is 2. The van der Waals surface area contributed by atoms with Gasteiger partial charge in [0.15, 0.2) is 12.4 Å². The number of anilines is 3. The van der Waals surface area contributed by atoms with Crippen molar-refractivity contribution in [2.24, 2.45) is 0 Å². The molecule has 3 heterocycles. The van der Waals surface area contributed by atoms with E-state index >= 15 is 0 Å². The standard InChI is InChI=1S/C29H33N3O2S2/c1-2-10-32-23-24-4-5-27(21-25(24)22-29(32)3-1)30-26-6-8-28(9-7-26)31-11-17-35-19-15-33-13-14-34-16-20-36-18-12-31/h1-10,21-23H,11-20H2/p+1. The maximum atomic E-state index is 5.65. The van der Waals surface area contributed by atoms with Gasteiger partial charge >= 0.3 is 0 Å². The number of rotatable bonds is 3. The third-order valence-corrected chi connectivity index (χ3v) is 8.09. The van der Waals surface area contributed by atoms with Gasteiger partial charge in [0.05, 0.1) is 26.4 Å². The van der Waals surface area contributed by atoms with E-state index in [0.717, 1.165) is 60.7 Å². The summed E-state index contributed by atoms with van der Waals surface area (Å²) in [5.41, 5.74) is 4.67. The number of benzene rings is 2. The molecule has 0 spiro atoms. The minimum atomic E-state index is 0.701. The molecule has 0 saturated carbocycles. The Morgan fingerprint density at radius 2 is 1.42 bits per heavy atom. The van der Waals surface area contributed by atoms with Gasteiger partial charge in [0.2, 0.25) is 5.52 Å². The lowest BCUT2D eigenvalue weighted by Gasteiger charge is -2.25. The van der Waals surface area contributed by atoms with Crippen LogP contribution in [0.4, 0.5) is 17.1 Å². The van der Waals surface area contributed by atoms with Crippen LogP contribution in [0.25, 0.3) is 16.3 Å². The first-order valence-electron chi connectivity index (χ1n) is 12.6. The average molecular weight is 521 g/mol. The Kier molecular flexibility index (Phi) is 9.24. The molecule has 188 valence electrons. The summed E-state index contributed by atoms with van der Waals surface area (Å²) < 4.78 is 13.5. The van der Waals surface area contributed by atoms with Crippen LogP contribution in [0.3, 0.4) is 0 Å². The molecule has 0 bridgehead atoms. The van der Waals surface area contributed by atoms with Crippen molar-refractivity contribution >= 4 is 56.9 Å². The van der Waals surface area contributed by atoms with Crippen molar-refractivity contribution in [1.29, 1.82) is 0 Å². The number of nitrogens with one attached hydrogen (secondary N) is 1. The molecular weight excluding hydrogens is 486 g/mol. The van der Waals surface area contributed by atoms with Crippen molar-refractivity contribution in [3.63, 3.8) is 0 Å². The Bertz CT molecular complexity index is 1240. The molecule has 4 aromatic rings. The van der Waals surface area contributed by atoms with Crippen molar-refractivity contribution in [2.75, 3.05) is 72.7 Å². The van der Waals surface area contributed by atoms with Crippen molar-refractivity contribution in [2.45, 2.75) is 0 Å². The van der Waals surface area contributed by atoms with E-state index in [1.165, 1.54) is 22.0 Å². The van der Waals surface area contributed by atoms with Gasteiger partial charge in [0.1, 0.15) is 0 Å². The lowest BCUT2D eigenvalue weighted by molar-refractivity contribution is -0.510. The first-order valence-corrected chi connectivity index (χ1v) is 14.9. The van der Waals surface area contributed by atoms with Gasteiger partial charge in [-0.2, -0.15) is 27.9 Å². The van der Waals surface area contributed by atoms with Crippen LogP contribution >= 0.6 is 23.5 Å². The molecule has 1 aliphatic rings. The zero-order valence-corrected chi connectivity index (χ0v) is 22.2. The third-order valence-electron chi connectivity index (χ3n) is 6.24. The number of ether oxygens (including phenoxy) is 2. The SMILES string of the molecule is c1cc[n+]2cc3ccc(Nc4ccc(N5CCSCCOCCOCCSCC5)cc4)cc3cc2c1. The third kappa shape index (κ3) is 7.07. The lowest BCUT2D eigenvalue weighted by atomic mass is 10.1. The van der Waals surface area contributed by atoms with Gasteiger partial charge in [0, 0.05) is 76.7 Å². The van der Waals surface area contributed by atoms with Gasteiger partial charge in [-0.05, 0) is 53.9 Å². The molecule has 5 rings (SSSR count). The molecule has 1 aliphatic heterocycles. The molecule has 0 atom stereocenters. The van der Waals surface area contributed by atoms with Crippen molar-refractivity contribution in [3.05, 3.63) is 79.1 Å². The van der Waals surface area contributed by atoms with Gasteiger partial charge < -0.3 is 19.7 Å². The van der Waals surface area contributed by atoms with Crippen LogP contribution < -0.4 is 14.6 Å². The van der Waals surface area contributed by atoms with Crippen LogP contribution in [-0.2, 0) is 9.47 Å². The summed E-state index contributed by atoms with van der Waals surface area (Å²) in [6.07, 6.45) is 4.27. The molecule has 36 heavy (non-hydrogen) atoms. The monoisotopic (exact) mass is 520 g/mol. The molecule has 0 radical (unpaired) electrons. The number of hydrogen-bond donors (Lipinski definition) is 1. The fraction of sp³-hybridized carbons (Fsp3) is 0.345. The number of nitrogens with zero attached hydrogens (tertiary/aromatic N) is 2. The van der Waals surface area contributed by atoms with Gasteiger partial charge in [-0.1, -0.05) is 0 Å². The first kappa shape index (κ1) is 25.2. The van der Waals surface area contributed by atoms with Crippen molar-refractivity contribution < 1.29 is 13.9 Å². The molecular formula is C29H34N3O2S2+. The molecule has 7 heteroatoms. The van der Waals surface area contributed by atoms with Crippen LogP contribution in [0.2, 0.25) is 0 Å². The fourth-order valence-electron chi connectivity index (χ4n) is 4.32. The molecule has 0 aliphatic carbocycles. The van der Waals surface area contributed by atoms with E-state index in [-0.39, 0.29) is 0 Å². The molecule has 5 nitrogen and oxygen atoms in total. The Labute approximate surface area is 222 Å². The number of fused-ring (bicyclic) bond motifs is 2. The molecule has 0 unspecified atom stereocenters. The van der Waals surface area contributed by atoms with Gasteiger partial charge in [0.25, 0.3) is 0 Å². The maximum absolute atomic E-state index is 5.65. The molecule has 1 N–H and O–H groups in total. The van der Waals surface area contributed by atoms with E-state index in [1.807, 2.05) is 23.5 Å². The summed E-state index contributed by atoms with van der Waals surface area (Å²) in [6.45, 7) is 5.09. The Balaban J connectivity index is 1.24. The molecule has 1 saturated heterocycles. The summed E-state index contributed by atoms with van der Waals surface area (Å²) in [5.74, 6) is 4.28. The second kappa shape index (κ2) is 13.2. The molecule has 0 amide bonds. The second-order valence-corrected chi connectivity index (χ2v) is 11.2. The number of pyridine rings is 2. The van der Waals surface area contributed by atoms with Crippen LogP contribution in [0.15, 0.2) is 79.1 Å². The second-order valence-electron chi connectivity index (χ2n) is 8.76. The predicted octanol–water partition coefficient (Wildman–Crippen LogP) is 5.64. The highest BCUT2D eigenvalue weighted by molar-refractivity contribution is 7.99. The van der Waals surface area contributed by atoms with Crippen molar-refractivity contribution in [3.8, 4) is 0 Å². The van der Waals surface area contributed by atoms with Gasteiger partial charge in [-0.3, -0.25) is 0 Å². The van der Waals surface area contributed by atoms with Gasteiger partial charge in [-0.15, -0.1) is 0 Å². The minimum Gasteiger partial charge on any atom is -0.378 e. The van der Waals surface area contributed by atoms with Crippen LogP contribution in [0, 0.1) is 0 Å². The van der Waals surface area contributed by atoms with E-state index in [1.54, 1.807) is 0 Å². The van der Waals surface area contributed by atoms with Crippen molar-refractivity contribution in [1.82, 2.24) is 0 Å². The minimum absolute atomic E-state index is 0.701. The fourth-order valence-corrected chi connectivity index (χ4v) is 5.90. The highest BCUT2D eigenvalue weighted by atomic mass is 32.2. The van der Waals surface area contributed by atoms with Crippen LogP contribution in [0.5, 0.6) is 0 Å². The smallest absolute Gasteiger partial charge is 0.211 e. The normalized spacial score (nSPS) is 16.9. The Hall–Kier alpha value is -2.45. The number of hydrogen-bond acceptors (Lipinski definition) is 6. The number of aromatic nitrogens is 1. The van der Waals surface area contributed by atoms with E-state index < -0.39 is 0 Å². The quantitative estimate of drug-likeness (QED) is 0.278. The summed E-state index contributed by atoms with van der Waals surface area (Å²) in [5, 5.41) is 6.05. The van der Waals surface area contributed by atoms with Crippen LogP contribution in [0.1, 0.15) is 0 Å². The lowest BCUT2D eigenvalue weighted by Crippen LogP contribution is -2.28. The molecule has 2 aromatic carbocycles. The van der Waals surface area contributed by atoms with E-state index in [4.69, 9.17) is 9.47 Å². The summed E-state index contributed by atoms with van der Waals surface area (Å²) in [7, 11) is 0. The average Bonchev–Trinajstić information content (AvgIpc) is 2.92. The largest absolute Gasteiger partial charge is 0.378 e. The highest BCUT2D eigenvalue weighted by Gasteiger charge is 2.09. The predicted molar refractivity (Wildman–Crippen MR) is 155 cm³/mol. The zero-order valence-electron chi connectivity index (χ0n) is 20.6. The van der Waals surface area contributed by atoms with E-state index in [0.29, 0.717) is 13.2 Å². The Morgan fingerprint density at radius 1 is 0.694 bits per heavy atom. The zero-order chi connectivity index (χ0) is 24.4. The summed E-state index contributed by atoms with van der Waals surface area (Å²) in [6, 6.07) is 23.9. The van der Waals surface area contributed by atoms with E-state index in [2.05, 4.69) is 93.7 Å². The van der Waals surface area contributed by atoms with Crippen LogP contribution in [-0.4, -0.2) is 62.5 Å². The van der Waals surface area contributed by atoms with Gasteiger partial charge in [-0.25, -0.2) is 0 Å². The first-order chi connectivity index (χ1) is 17.8. The van der Waals surface area contributed by atoms with E-state index in [9.17, 15) is 0 Å². The Morgan fingerprint density at radius 3 is 2.17 bits per heavy atom. The maximum Gasteiger partial charge on any atom is 0.211 e.